The van der Waals surface area contributed by atoms with Gasteiger partial charge in [-0.3, -0.25) is 5.43 Å². The second kappa shape index (κ2) is 16.2. The normalized spacial score (nSPS) is 15.1. The Bertz CT molecular complexity index is 1630. The van der Waals surface area contributed by atoms with E-state index in [1.165, 1.54) is 20.4 Å². The van der Waals surface area contributed by atoms with Crippen molar-refractivity contribution in [1.29, 1.82) is 0 Å². The number of methoxy groups -OCH3 is 2. The van der Waals surface area contributed by atoms with Gasteiger partial charge in [0.05, 0.1) is 38.7 Å². The molecular weight excluding hydrogens is 684 g/mol. The molecule has 2 amide bonds. The summed E-state index contributed by atoms with van der Waals surface area (Å²) in [5, 5.41) is 20.6. The molecule has 0 aromatic heterocycles. The average Bonchev–Trinajstić information content (AvgIpc) is 3.04. The Morgan fingerprint density at radius 2 is 1.85 bits per heavy atom. The molecule has 46 heavy (non-hydrogen) atoms. The maximum Gasteiger partial charge on any atom is 0.337 e. The molecule has 0 radical (unpaired) electrons. The molecule has 1 aliphatic rings. The zero-order valence-electron chi connectivity index (χ0n) is 25.6. The summed E-state index contributed by atoms with van der Waals surface area (Å²) in [6.07, 6.45) is 0.333. The summed E-state index contributed by atoms with van der Waals surface area (Å²) in [6, 6.07) is 14.7. The summed E-state index contributed by atoms with van der Waals surface area (Å²) < 4.78 is 28.6. The van der Waals surface area contributed by atoms with Crippen LogP contribution in [0.15, 0.2) is 75.4 Å². The summed E-state index contributed by atoms with van der Waals surface area (Å²) in [5.74, 6) is 1.13. The number of carbonyl (C=O) groups is 2. The molecular formula is C32H34BrClN4O8. The van der Waals surface area contributed by atoms with E-state index in [1.807, 2.05) is 25.1 Å². The first kappa shape index (κ1) is 34.4. The topological polar surface area (TPSA) is 149 Å². The number of allylic oxidation sites excluding steroid dienone is 1. The van der Waals surface area contributed by atoms with Crippen LogP contribution in [0.5, 0.6) is 23.0 Å². The van der Waals surface area contributed by atoms with Crippen molar-refractivity contribution in [2.24, 2.45) is 5.10 Å². The monoisotopic (exact) mass is 716 g/mol. The van der Waals surface area contributed by atoms with Crippen LogP contribution in [0, 0.1) is 0 Å². The zero-order chi connectivity index (χ0) is 33.2. The van der Waals surface area contributed by atoms with E-state index in [0.29, 0.717) is 55.9 Å². The van der Waals surface area contributed by atoms with E-state index in [0.717, 1.165) is 5.56 Å². The molecule has 0 aliphatic carbocycles. The SMILES string of the molecule is CCOc1cc([C@H]2NC(=O)NC(C)=C2C(=O)OC)ccc1OC[C@@H](O)N/N=C\c1cc(OC)c(OCc2ccccc2Cl)cc1Br. The minimum Gasteiger partial charge on any atom is -0.493 e. The van der Waals surface area contributed by atoms with E-state index in [9.17, 15) is 14.7 Å². The molecule has 244 valence electrons. The number of nitrogens with zero attached hydrogens (tertiary/aromatic N) is 1. The number of ether oxygens (including phenoxy) is 5. The van der Waals surface area contributed by atoms with E-state index in [1.54, 1.807) is 43.3 Å². The van der Waals surface area contributed by atoms with Gasteiger partial charge in [0.25, 0.3) is 0 Å². The summed E-state index contributed by atoms with van der Waals surface area (Å²) in [4.78, 5) is 24.6. The third-order valence-corrected chi connectivity index (χ3v) is 7.78. The number of urea groups is 1. The molecule has 0 fully saturated rings. The second-order valence-electron chi connectivity index (χ2n) is 9.82. The van der Waals surface area contributed by atoms with Crippen molar-refractivity contribution in [1.82, 2.24) is 16.1 Å². The molecule has 12 nitrogen and oxygen atoms in total. The van der Waals surface area contributed by atoms with E-state index >= 15 is 0 Å². The first-order chi connectivity index (χ1) is 22.1. The number of nitrogens with one attached hydrogen (secondary N) is 3. The highest BCUT2D eigenvalue weighted by atomic mass is 79.9. The molecule has 14 heteroatoms. The molecule has 0 spiro atoms. The van der Waals surface area contributed by atoms with Crippen LogP contribution in [-0.4, -0.2) is 57.0 Å². The fourth-order valence-electron chi connectivity index (χ4n) is 4.51. The highest BCUT2D eigenvalue weighted by molar-refractivity contribution is 9.10. The molecule has 2 atom stereocenters. The molecule has 0 unspecified atom stereocenters. The Balaban J connectivity index is 1.39. The van der Waals surface area contributed by atoms with Crippen LogP contribution in [0.2, 0.25) is 5.02 Å². The van der Waals surface area contributed by atoms with Crippen molar-refractivity contribution in [2.45, 2.75) is 32.7 Å². The fraction of sp³-hybridized carbons (Fsp3) is 0.281. The largest absolute Gasteiger partial charge is 0.493 e. The Kier molecular flexibility index (Phi) is 12.1. The summed E-state index contributed by atoms with van der Waals surface area (Å²) >= 11 is 9.76. The van der Waals surface area contributed by atoms with Gasteiger partial charge in [0, 0.05) is 26.3 Å². The molecule has 4 rings (SSSR count). The smallest absolute Gasteiger partial charge is 0.337 e. The molecule has 1 aliphatic heterocycles. The zero-order valence-corrected chi connectivity index (χ0v) is 27.9. The molecule has 0 saturated heterocycles. The highest BCUT2D eigenvalue weighted by Crippen LogP contribution is 2.36. The average molecular weight is 718 g/mol. The number of halogens is 2. The minimum absolute atomic E-state index is 0.174. The van der Waals surface area contributed by atoms with Crippen LogP contribution in [0.25, 0.3) is 0 Å². The van der Waals surface area contributed by atoms with Crippen molar-refractivity contribution in [3.63, 3.8) is 0 Å². The van der Waals surface area contributed by atoms with Gasteiger partial charge in [-0.25, -0.2) is 9.59 Å². The maximum absolute atomic E-state index is 12.5. The Morgan fingerprint density at radius 1 is 1.09 bits per heavy atom. The van der Waals surface area contributed by atoms with E-state index in [4.69, 9.17) is 35.3 Å². The van der Waals surface area contributed by atoms with Gasteiger partial charge in [-0.1, -0.05) is 35.9 Å². The Hall–Kier alpha value is -4.46. The third-order valence-electron chi connectivity index (χ3n) is 6.72. The number of rotatable bonds is 14. The van der Waals surface area contributed by atoms with Crippen LogP contribution >= 0.6 is 27.5 Å². The third kappa shape index (κ3) is 8.62. The van der Waals surface area contributed by atoms with E-state index in [-0.39, 0.29) is 18.8 Å². The number of hydrogen-bond acceptors (Lipinski definition) is 10. The van der Waals surface area contributed by atoms with Crippen LogP contribution in [0.4, 0.5) is 4.79 Å². The maximum atomic E-state index is 12.5. The molecule has 3 aromatic rings. The van der Waals surface area contributed by atoms with Crippen molar-refractivity contribution in [3.05, 3.63) is 92.1 Å². The lowest BCUT2D eigenvalue weighted by Crippen LogP contribution is -2.45. The Morgan fingerprint density at radius 3 is 2.57 bits per heavy atom. The lowest BCUT2D eigenvalue weighted by Gasteiger charge is -2.28. The van der Waals surface area contributed by atoms with E-state index < -0.39 is 24.3 Å². The van der Waals surface area contributed by atoms with Crippen molar-refractivity contribution in [3.8, 4) is 23.0 Å². The molecule has 0 saturated carbocycles. The quantitative estimate of drug-likeness (QED) is 0.0764. The molecule has 0 bridgehead atoms. The number of benzene rings is 3. The number of hydrogen-bond donors (Lipinski definition) is 4. The summed E-state index contributed by atoms with van der Waals surface area (Å²) in [6.45, 7) is 3.84. The van der Waals surface area contributed by atoms with E-state index in [2.05, 4.69) is 37.1 Å². The van der Waals surface area contributed by atoms with Gasteiger partial charge >= 0.3 is 12.0 Å². The molecule has 3 aromatic carbocycles. The molecule has 4 N–H and O–H groups in total. The number of aliphatic hydroxyl groups is 1. The van der Waals surface area contributed by atoms with Gasteiger partial charge in [0.1, 0.15) is 13.2 Å². The predicted octanol–water partition coefficient (Wildman–Crippen LogP) is 5.21. The van der Waals surface area contributed by atoms with Crippen molar-refractivity contribution < 1.29 is 38.4 Å². The first-order valence-corrected chi connectivity index (χ1v) is 15.3. The summed E-state index contributed by atoms with van der Waals surface area (Å²) in [7, 11) is 2.81. The van der Waals surface area contributed by atoms with Gasteiger partial charge in [-0.2, -0.15) is 5.10 Å². The lowest BCUT2D eigenvalue weighted by molar-refractivity contribution is -0.136. The van der Waals surface area contributed by atoms with Gasteiger partial charge < -0.3 is 39.4 Å². The van der Waals surface area contributed by atoms with Crippen molar-refractivity contribution >= 4 is 45.7 Å². The first-order valence-electron chi connectivity index (χ1n) is 14.1. The minimum atomic E-state index is -1.18. The number of hydrazone groups is 1. The number of esters is 1. The summed E-state index contributed by atoms with van der Waals surface area (Å²) in [5.41, 5.74) is 5.35. The van der Waals surface area contributed by atoms with Crippen LogP contribution in [0.3, 0.4) is 0 Å². The number of carbonyl (C=O) groups excluding carboxylic acids is 2. The lowest BCUT2D eigenvalue weighted by atomic mass is 9.95. The number of aliphatic hydroxyl groups excluding tert-OH is 1. The van der Waals surface area contributed by atoms with Crippen LogP contribution < -0.4 is 35.0 Å². The second-order valence-corrected chi connectivity index (χ2v) is 11.1. The van der Waals surface area contributed by atoms with Gasteiger partial charge in [-0.05, 0) is 65.7 Å². The highest BCUT2D eigenvalue weighted by Gasteiger charge is 2.32. The van der Waals surface area contributed by atoms with Gasteiger partial charge in [-0.15, -0.1) is 0 Å². The fourth-order valence-corrected chi connectivity index (χ4v) is 5.12. The standard InChI is InChI=1S/C32H34BrClN4O8/c1-5-44-26-12-19(30-29(31(40)43-4)18(2)36-32(41)37-30)10-11-24(26)46-17-28(39)38-35-15-21-13-25(42-3)27(14-22(21)33)45-16-20-8-6-7-9-23(20)34/h6-15,28,30,38-39H,5,16-17H2,1-4H3,(H2,36,37,41)/b35-15-/t28-,30-/m1/s1. The van der Waals surface area contributed by atoms with Gasteiger partial charge in [0.15, 0.2) is 29.2 Å². The van der Waals surface area contributed by atoms with Crippen LogP contribution in [-0.2, 0) is 16.1 Å². The molecule has 1 heterocycles. The van der Waals surface area contributed by atoms with Crippen molar-refractivity contribution in [2.75, 3.05) is 27.4 Å². The van der Waals surface area contributed by atoms with Gasteiger partial charge in [0.2, 0.25) is 0 Å². The predicted molar refractivity (Wildman–Crippen MR) is 175 cm³/mol. The van der Waals surface area contributed by atoms with Crippen LogP contribution in [0.1, 0.15) is 36.6 Å². The Labute approximate surface area is 279 Å². The number of amides is 2.